The molecule has 3 heteroatoms. The molecule has 0 aliphatic carbocycles. The number of benzene rings is 1. The van der Waals surface area contributed by atoms with Gasteiger partial charge in [-0.2, -0.15) is 0 Å². The van der Waals surface area contributed by atoms with E-state index in [0.717, 1.165) is 18.7 Å². The van der Waals surface area contributed by atoms with Gasteiger partial charge in [-0.05, 0) is 42.0 Å². The Balaban J connectivity index is 2.53. The molecular formula is C16H25NO2. The van der Waals surface area contributed by atoms with E-state index in [-0.39, 0.29) is 0 Å². The van der Waals surface area contributed by atoms with Crippen molar-refractivity contribution in [1.82, 2.24) is 5.32 Å². The summed E-state index contributed by atoms with van der Waals surface area (Å²) in [6.45, 7) is 10.7. The molecule has 106 valence electrons. The van der Waals surface area contributed by atoms with Crippen LogP contribution in [0.15, 0.2) is 24.3 Å². The minimum absolute atomic E-state index is 0.351. The van der Waals surface area contributed by atoms with Crippen molar-refractivity contribution in [3.05, 3.63) is 35.4 Å². The smallest absolute Gasteiger partial charge is 0.335 e. The lowest BCUT2D eigenvalue weighted by atomic mass is 9.85. The highest BCUT2D eigenvalue weighted by atomic mass is 16.4. The number of nitrogens with one attached hydrogen (secondary N) is 1. The molecule has 0 bridgehead atoms. The molecule has 0 radical (unpaired) electrons. The van der Waals surface area contributed by atoms with E-state index in [1.807, 2.05) is 6.07 Å². The molecule has 3 nitrogen and oxygen atoms in total. The predicted octanol–water partition coefficient (Wildman–Crippen LogP) is 3.40. The third-order valence-electron chi connectivity index (χ3n) is 3.60. The molecule has 1 rings (SSSR count). The maximum absolute atomic E-state index is 10.9. The van der Waals surface area contributed by atoms with Crippen molar-refractivity contribution < 1.29 is 9.90 Å². The van der Waals surface area contributed by atoms with Gasteiger partial charge in [0.25, 0.3) is 0 Å². The first-order valence-electron chi connectivity index (χ1n) is 6.94. The van der Waals surface area contributed by atoms with E-state index >= 15 is 0 Å². The summed E-state index contributed by atoms with van der Waals surface area (Å²) in [7, 11) is 0. The van der Waals surface area contributed by atoms with Crippen molar-refractivity contribution in [2.75, 3.05) is 6.54 Å². The lowest BCUT2D eigenvalue weighted by Crippen LogP contribution is -2.29. The first-order chi connectivity index (χ1) is 8.91. The summed E-state index contributed by atoms with van der Waals surface area (Å²) in [5.41, 5.74) is 1.37. The van der Waals surface area contributed by atoms with Crippen LogP contribution in [0.2, 0.25) is 0 Å². The summed E-state index contributed by atoms with van der Waals surface area (Å²) in [6.07, 6.45) is 0. The van der Waals surface area contributed by atoms with Gasteiger partial charge < -0.3 is 10.4 Å². The summed E-state index contributed by atoms with van der Waals surface area (Å²) in [4.78, 5) is 10.9. The number of rotatable bonds is 7. The molecule has 0 aromatic heterocycles. The van der Waals surface area contributed by atoms with Gasteiger partial charge in [0.1, 0.15) is 0 Å². The van der Waals surface area contributed by atoms with Gasteiger partial charge in [-0.3, -0.25) is 0 Å². The highest BCUT2D eigenvalue weighted by Gasteiger charge is 2.16. The van der Waals surface area contributed by atoms with Crippen LogP contribution in [-0.2, 0) is 6.54 Å². The Morgan fingerprint density at radius 3 is 2.37 bits per heavy atom. The van der Waals surface area contributed by atoms with E-state index in [4.69, 9.17) is 5.11 Å². The molecular weight excluding hydrogens is 238 g/mol. The van der Waals surface area contributed by atoms with E-state index in [1.165, 1.54) is 0 Å². The highest BCUT2D eigenvalue weighted by Crippen LogP contribution is 2.19. The van der Waals surface area contributed by atoms with Crippen molar-refractivity contribution in [3.8, 4) is 0 Å². The van der Waals surface area contributed by atoms with Gasteiger partial charge in [-0.25, -0.2) is 4.79 Å². The molecule has 0 spiro atoms. The number of carbonyl (C=O) groups is 1. The number of carboxylic acids is 1. The molecule has 0 atom stereocenters. The fourth-order valence-corrected chi connectivity index (χ4v) is 2.44. The standard InChI is InChI=1S/C16H25NO2/c1-11(2)15(12(3)4)10-17-9-13-6-5-7-14(8-13)16(18)19/h5-8,11-12,15,17H,9-10H2,1-4H3,(H,18,19). The largest absolute Gasteiger partial charge is 0.478 e. The average Bonchev–Trinajstić information content (AvgIpc) is 2.34. The second kappa shape index (κ2) is 7.29. The van der Waals surface area contributed by atoms with Crippen molar-refractivity contribution >= 4 is 5.97 Å². The third-order valence-corrected chi connectivity index (χ3v) is 3.60. The van der Waals surface area contributed by atoms with Gasteiger partial charge in [0.05, 0.1) is 5.56 Å². The first-order valence-corrected chi connectivity index (χ1v) is 6.94. The van der Waals surface area contributed by atoms with Crippen LogP contribution >= 0.6 is 0 Å². The quantitative estimate of drug-likeness (QED) is 0.792. The zero-order valence-corrected chi connectivity index (χ0v) is 12.3. The molecule has 0 aliphatic heterocycles. The fraction of sp³-hybridized carbons (Fsp3) is 0.562. The average molecular weight is 263 g/mol. The summed E-state index contributed by atoms with van der Waals surface area (Å²) >= 11 is 0. The van der Waals surface area contributed by atoms with Gasteiger partial charge in [0, 0.05) is 6.54 Å². The lowest BCUT2D eigenvalue weighted by molar-refractivity contribution is 0.0696. The molecule has 0 fully saturated rings. The predicted molar refractivity (Wildman–Crippen MR) is 78.3 cm³/mol. The van der Waals surface area contributed by atoms with Crippen LogP contribution < -0.4 is 5.32 Å². The minimum atomic E-state index is -0.871. The van der Waals surface area contributed by atoms with Crippen LogP contribution in [0.5, 0.6) is 0 Å². The maximum Gasteiger partial charge on any atom is 0.335 e. The Morgan fingerprint density at radius 2 is 1.84 bits per heavy atom. The Hall–Kier alpha value is -1.35. The van der Waals surface area contributed by atoms with Gasteiger partial charge in [0.15, 0.2) is 0 Å². The van der Waals surface area contributed by atoms with Crippen LogP contribution in [0.25, 0.3) is 0 Å². The molecule has 0 amide bonds. The number of aromatic carboxylic acids is 1. The zero-order valence-electron chi connectivity index (χ0n) is 12.3. The molecule has 0 saturated heterocycles. The maximum atomic E-state index is 10.9. The molecule has 0 unspecified atom stereocenters. The second-order valence-corrected chi connectivity index (χ2v) is 5.79. The normalized spacial score (nSPS) is 11.5. The SMILES string of the molecule is CC(C)C(CNCc1cccc(C(=O)O)c1)C(C)C. The van der Waals surface area contributed by atoms with Crippen LogP contribution in [0.1, 0.15) is 43.6 Å². The fourth-order valence-electron chi connectivity index (χ4n) is 2.44. The van der Waals surface area contributed by atoms with Crippen LogP contribution in [-0.4, -0.2) is 17.6 Å². The Kier molecular flexibility index (Phi) is 6.03. The van der Waals surface area contributed by atoms with Crippen molar-refractivity contribution in [1.29, 1.82) is 0 Å². The Morgan fingerprint density at radius 1 is 1.21 bits per heavy atom. The monoisotopic (exact) mass is 263 g/mol. The van der Waals surface area contributed by atoms with Crippen LogP contribution in [0.3, 0.4) is 0 Å². The summed E-state index contributed by atoms with van der Waals surface area (Å²) < 4.78 is 0. The van der Waals surface area contributed by atoms with Crippen molar-refractivity contribution in [3.63, 3.8) is 0 Å². The van der Waals surface area contributed by atoms with E-state index < -0.39 is 5.97 Å². The van der Waals surface area contributed by atoms with Crippen molar-refractivity contribution in [2.24, 2.45) is 17.8 Å². The van der Waals surface area contributed by atoms with E-state index in [2.05, 4.69) is 33.0 Å². The zero-order chi connectivity index (χ0) is 14.4. The van der Waals surface area contributed by atoms with Gasteiger partial charge >= 0.3 is 5.97 Å². The molecule has 1 aromatic rings. The minimum Gasteiger partial charge on any atom is -0.478 e. The molecule has 19 heavy (non-hydrogen) atoms. The van der Waals surface area contributed by atoms with Crippen LogP contribution in [0, 0.1) is 17.8 Å². The summed E-state index contributed by atoms with van der Waals surface area (Å²) in [5.74, 6) is 1.07. The summed E-state index contributed by atoms with van der Waals surface area (Å²) in [5, 5.41) is 12.4. The molecule has 0 aliphatic rings. The van der Waals surface area contributed by atoms with Crippen LogP contribution in [0.4, 0.5) is 0 Å². The van der Waals surface area contributed by atoms with Gasteiger partial charge in [0.2, 0.25) is 0 Å². The highest BCUT2D eigenvalue weighted by molar-refractivity contribution is 5.87. The van der Waals surface area contributed by atoms with E-state index in [1.54, 1.807) is 18.2 Å². The van der Waals surface area contributed by atoms with Crippen molar-refractivity contribution in [2.45, 2.75) is 34.2 Å². The Bertz CT molecular complexity index is 405. The first kappa shape index (κ1) is 15.7. The number of hydrogen-bond donors (Lipinski definition) is 2. The molecule has 2 N–H and O–H groups in total. The number of hydrogen-bond acceptors (Lipinski definition) is 2. The van der Waals surface area contributed by atoms with E-state index in [9.17, 15) is 4.79 Å². The third kappa shape index (κ3) is 5.03. The van der Waals surface area contributed by atoms with Gasteiger partial charge in [-0.1, -0.05) is 39.8 Å². The Labute approximate surface area is 116 Å². The topological polar surface area (TPSA) is 49.3 Å². The van der Waals surface area contributed by atoms with Gasteiger partial charge in [-0.15, -0.1) is 0 Å². The molecule has 1 aromatic carbocycles. The second-order valence-electron chi connectivity index (χ2n) is 5.79. The molecule has 0 heterocycles. The number of carboxylic acid groups (broad SMARTS) is 1. The molecule has 0 saturated carbocycles. The lowest BCUT2D eigenvalue weighted by Gasteiger charge is -2.25. The summed E-state index contributed by atoms with van der Waals surface area (Å²) in [6, 6.07) is 7.11. The van der Waals surface area contributed by atoms with E-state index in [0.29, 0.717) is 23.3 Å².